The summed E-state index contributed by atoms with van der Waals surface area (Å²) in [6.45, 7) is 2.49. The monoisotopic (exact) mass is 112 g/mol. The molecule has 0 aromatic rings. The summed E-state index contributed by atoms with van der Waals surface area (Å²) in [6, 6.07) is 0.858. The number of hydrogen-bond donors (Lipinski definition) is 2. The van der Waals surface area contributed by atoms with E-state index in [0.29, 0.717) is 0 Å². The van der Waals surface area contributed by atoms with E-state index in [1.807, 2.05) is 0 Å². The molecule has 2 heteroatoms. The van der Waals surface area contributed by atoms with Crippen molar-refractivity contribution >= 4 is 0 Å². The third kappa shape index (κ3) is 0.446. The maximum atomic E-state index is 3.35. The van der Waals surface area contributed by atoms with Crippen molar-refractivity contribution in [2.24, 2.45) is 11.8 Å². The van der Waals surface area contributed by atoms with Gasteiger partial charge in [-0.3, -0.25) is 0 Å². The van der Waals surface area contributed by atoms with Crippen LogP contribution in [-0.4, -0.2) is 26.2 Å². The normalized spacial score (nSPS) is 51.4. The van der Waals surface area contributed by atoms with Crippen molar-refractivity contribution in [3.8, 4) is 0 Å². The van der Waals surface area contributed by atoms with Crippen molar-refractivity contribution in [3.05, 3.63) is 0 Å². The summed E-state index contributed by atoms with van der Waals surface area (Å²) in [4.78, 5) is 0. The highest BCUT2D eigenvalue weighted by Crippen LogP contribution is 2.40. The smallest absolute Gasteiger partial charge is 0.0152 e. The molecule has 2 aliphatic rings. The van der Waals surface area contributed by atoms with Gasteiger partial charge in [-0.1, -0.05) is 0 Å². The second kappa shape index (κ2) is 1.45. The van der Waals surface area contributed by atoms with E-state index in [0.717, 1.165) is 17.9 Å². The predicted molar refractivity (Wildman–Crippen MR) is 32.7 cm³/mol. The van der Waals surface area contributed by atoms with Crippen LogP contribution in [0.15, 0.2) is 0 Å². The third-order valence-electron chi connectivity index (χ3n) is 2.43. The Bertz CT molecular complexity index is 85.9. The Morgan fingerprint density at radius 1 is 1.38 bits per heavy atom. The highest BCUT2D eigenvalue weighted by atomic mass is 15.1. The summed E-state index contributed by atoms with van der Waals surface area (Å²) in [5.74, 6) is 1.94. The lowest BCUT2D eigenvalue weighted by atomic mass is 10.4. The predicted octanol–water partition coefficient (Wildman–Crippen LogP) is -0.576. The molecule has 1 saturated heterocycles. The fraction of sp³-hybridized carbons (Fsp3) is 1.00. The number of hydrogen-bond acceptors (Lipinski definition) is 2. The minimum atomic E-state index is 0.858. The summed E-state index contributed by atoms with van der Waals surface area (Å²) in [5.41, 5.74) is 0. The largest absolute Gasteiger partial charge is 0.316 e. The molecule has 8 heavy (non-hydrogen) atoms. The van der Waals surface area contributed by atoms with Crippen LogP contribution in [0.2, 0.25) is 0 Å². The summed E-state index contributed by atoms with van der Waals surface area (Å²) in [7, 11) is 2.06. The fourth-order valence-electron chi connectivity index (χ4n) is 1.85. The first-order valence-electron chi connectivity index (χ1n) is 3.31. The van der Waals surface area contributed by atoms with Crippen molar-refractivity contribution in [2.75, 3.05) is 20.1 Å². The van der Waals surface area contributed by atoms with Crippen LogP contribution in [0.25, 0.3) is 0 Å². The van der Waals surface area contributed by atoms with Crippen molar-refractivity contribution in [3.63, 3.8) is 0 Å². The van der Waals surface area contributed by atoms with E-state index in [9.17, 15) is 0 Å². The standard InChI is InChI=1S/C6H12N2/c1-7-6-4-2-8-3-5(4)6/h4-8H,2-3H2,1H3/t4-,5+,6?. The molecule has 1 heterocycles. The Morgan fingerprint density at radius 2 is 2.00 bits per heavy atom. The van der Waals surface area contributed by atoms with Crippen LogP contribution in [0.3, 0.4) is 0 Å². The van der Waals surface area contributed by atoms with E-state index in [1.165, 1.54) is 13.1 Å². The Kier molecular flexibility index (Phi) is 0.866. The molecule has 1 aliphatic heterocycles. The van der Waals surface area contributed by atoms with Crippen molar-refractivity contribution < 1.29 is 0 Å². The van der Waals surface area contributed by atoms with Gasteiger partial charge in [0.2, 0.25) is 0 Å². The molecule has 0 radical (unpaired) electrons. The van der Waals surface area contributed by atoms with Crippen LogP contribution in [0.1, 0.15) is 0 Å². The van der Waals surface area contributed by atoms with Crippen molar-refractivity contribution in [1.82, 2.24) is 10.6 Å². The molecule has 0 spiro atoms. The quantitative estimate of drug-likeness (QED) is 0.474. The van der Waals surface area contributed by atoms with Crippen LogP contribution in [0, 0.1) is 11.8 Å². The molecule has 2 N–H and O–H groups in total. The van der Waals surface area contributed by atoms with Gasteiger partial charge in [-0.15, -0.1) is 0 Å². The topological polar surface area (TPSA) is 24.1 Å². The maximum absolute atomic E-state index is 3.35. The lowest BCUT2D eigenvalue weighted by molar-refractivity contribution is 0.613. The van der Waals surface area contributed by atoms with Crippen LogP contribution in [-0.2, 0) is 0 Å². The Morgan fingerprint density at radius 3 is 2.38 bits per heavy atom. The SMILES string of the molecule is CNC1[C@H]2CNC[C@@H]12. The molecule has 2 rings (SSSR count). The highest BCUT2D eigenvalue weighted by Gasteiger charge is 2.51. The summed E-state index contributed by atoms with van der Waals surface area (Å²) < 4.78 is 0. The Balaban J connectivity index is 1.94. The van der Waals surface area contributed by atoms with Gasteiger partial charge in [0.05, 0.1) is 0 Å². The zero-order valence-corrected chi connectivity index (χ0v) is 5.15. The van der Waals surface area contributed by atoms with Crippen LogP contribution in [0.5, 0.6) is 0 Å². The van der Waals surface area contributed by atoms with E-state index in [2.05, 4.69) is 17.7 Å². The number of nitrogens with one attached hydrogen (secondary N) is 2. The molecule has 1 aliphatic carbocycles. The first-order chi connectivity index (χ1) is 3.93. The zero-order valence-electron chi connectivity index (χ0n) is 5.15. The van der Waals surface area contributed by atoms with Gasteiger partial charge < -0.3 is 10.6 Å². The van der Waals surface area contributed by atoms with Gasteiger partial charge in [0.15, 0.2) is 0 Å². The third-order valence-corrected chi connectivity index (χ3v) is 2.43. The summed E-state index contributed by atoms with van der Waals surface area (Å²) >= 11 is 0. The molecule has 0 amide bonds. The second-order valence-electron chi connectivity index (χ2n) is 2.80. The minimum absolute atomic E-state index is 0.858. The first kappa shape index (κ1) is 4.77. The molecule has 1 unspecified atom stereocenters. The second-order valence-corrected chi connectivity index (χ2v) is 2.80. The molecule has 0 aromatic heterocycles. The Labute approximate surface area is 49.7 Å². The maximum Gasteiger partial charge on any atom is 0.0152 e. The molecule has 2 nitrogen and oxygen atoms in total. The molecule has 3 atom stereocenters. The minimum Gasteiger partial charge on any atom is -0.316 e. The molecule has 2 fully saturated rings. The van der Waals surface area contributed by atoms with Gasteiger partial charge >= 0.3 is 0 Å². The van der Waals surface area contributed by atoms with E-state index in [1.54, 1.807) is 0 Å². The van der Waals surface area contributed by atoms with Crippen molar-refractivity contribution in [2.45, 2.75) is 6.04 Å². The lowest BCUT2D eigenvalue weighted by Gasteiger charge is -1.99. The Hall–Kier alpha value is -0.0800. The molecule has 0 aromatic carbocycles. The first-order valence-corrected chi connectivity index (χ1v) is 3.31. The van der Waals surface area contributed by atoms with Gasteiger partial charge in [-0.25, -0.2) is 0 Å². The van der Waals surface area contributed by atoms with Crippen LogP contribution in [0.4, 0.5) is 0 Å². The van der Waals surface area contributed by atoms with E-state index in [4.69, 9.17) is 0 Å². The van der Waals surface area contributed by atoms with Gasteiger partial charge in [0.25, 0.3) is 0 Å². The van der Waals surface area contributed by atoms with Gasteiger partial charge in [0, 0.05) is 6.04 Å². The molecule has 0 bridgehead atoms. The average molecular weight is 112 g/mol. The molecular weight excluding hydrogens is 100 g/mol. The highest BCUT2D eigenvalue weighted by molar-refractivity contribution is 5.08. The van der Waals surface area contributed by atoms with E-state index in [-0.39, 0.29) is 0 Å². The lowest BCUT2D eigenvalue weighted by Crippen LogP contribution is -2.24. The van der Waals surface area contributed by atoms with Gasteiger partial charge in [-0.05, 0) is 32.0 Å². The molecular formula is C6H12N2. The summed E-state index contributed by atoms with van der Waals surface area (Å²) in [5, 5.41) is 6.65. The number of piperidine rings is 1. The number of fused-ring (bicyclic) bond motifs is 1. The van der Waals surface area contributed by atoms with Gasteiger partial charge in [-0.2, -0.15) is 0 Å². The van der Waals surface area contributed by atoms with E-state index >= 15 is 0 Å². The van der Waals surface area contributed by atoms with Crippen LogP contribution >= 0.6 is 0 Å². The van der Waals surface area contributed by atoms with E-state index < -0.39 is 0 Å². The molecule has 46 valence electrons. The van der Waals surface area contributed by atoms with Gasteiger partial charge in [0.1, 0.15) is 0 Å². The van der Waals surface area contributed by atoms with Crippen LogP contribution < -0.4 is 10.6 Å². The van der Waals surface area contributed by atoms with Crippen molar-refractivity contribution in [1.29, 1.82) is 0 Å². The number of rotatable bonds is 1. The fourth-order valence-corrected chi connectivity index (χ4v) is 1.85. The average Bonchev–Trinajstić information content (AvgIpc) is 2.22. The molecule has 1 saturated carbocycles. The zero-order chi connectivity index (χ0) is 5.56. The summed E-state index contributed by atoms with van der Waals surface area (Å²) in [6.07, 6.45) is 0.